The summed E-state index contributed by atoms with van der Waals surface area (Å²) in [6.07, 6.45) is 3.28. The Labute approximate surface area is 170 Å². The van der Waals surface area contributed by atoms with Crippen LogP contribution in [0.1, 0.15) is 43.0 Å². The summed E-state index contributed by atoms with van der Waals surface area (Å²) in [5.74, 6) is -0.0144. The van der Waals surface area contributed by atoms with E-state index >= 15 is 0 Å². The number of carbonyl (C=O) groups is 2. The number of aromatic nitrogens is 1. The molecule has 2 amide bonds. The van der Waals surface area contributed by atoms with Gasteiger partial charge in [0, 0.05) is 43.7 Å². The number of benzene rings is 1. The van der Waals surface area contributed by atoms with Crippen molar-refractivity contribution in [1.82, 2.24) is 14.8 Å². The molecule has 2 fully saturated rings. The monoisotopic (exact) mass is 393 g/mol. The number of H-pyrrole nitrogens is 1. The van der Waals surface area contributed by atoms with Crippen LogP contribution in [0.2, 0.25) is 0 Å². The normalized spacial score (nSPS) is 22.2. The number of nitrogens with one attached hydrogen (secondary N) is 1. The van der Waals surface area contributed by atoms with Crippen LogP contribution in [0, 0.1) is 5.41 Å². The summed E-state index contributed by atoms with van der Waals surface area (Å²) >= 11 is 0. The predicted octanol–water partition coefficient (Wildman–Crippen LogP) is 2.91. The number of hydrogen-bond acceptors (Lipinski definition) is 3. The lowest BCUT2D eigenvalue weighted by Gasteiger charge is -2.48. The van der Waals surface area contributed by atoms with Gasteiger partial charge < -0.3 is 14.8 Å². The maximum absolute atomic E-state index is 13.1. The number of nitrogens with zero attached hydrogens (tertiary/aromatic N) is 2. The SMILES string of the molecule is CCN1CC2(CCCN(C(=O)c3ccc(-c4ccccc4)[nH]c3=O)C2)CCC1=O. The van der Waals surface area contributed by atoms with Crippen molar-refractivity contribution in [2.75, 3.05) is 26.2 Å². The van der Waals surface area contributed by atoms with E-state index in [1.807, 2.05) is 42.2 Å². The van der Waals surface area contributed by atoms with Gasteiger partial charge in [-0.1, -0.05) is 30.3 Å². The average molecular weight is 393 g/mol. The summed E-state index contributed by atoms with van der Waals surface area (Å²) in [4.78, 5) is 44.4. The van der Waals surface area contributed by atoms with Crippen molar-refractivity contribution in [1.29, 1.82) is 0 Å². The maximum atomic E-state index is 13.1. The molecule has 1 spiro atoms. The fourth-order valence-electron chi connectivity index (χ4n) is 4.70. The van der Waals surface area contributed by atoms with E-state index < -0.39 is 0 Å². The molecule has 152 valence electrons. The zero-order valence-electron chi connectivity index (χ0n) is 16.8. The molecule has 29 heavy (non-hydrogen) atoms. The third-order valence-electron chi connectivity index (χ3n) is 6.30. The Morgan fingerprint density at radius 2 is 1.86 bits per heavy atom. The molecule has 3 heterocycles. The molecule has 2 aliphatic rings. The predicted molar refractivity (Wildman–Crippen MR) is 112 cm³/mol. The van der Waals surface area contributed by atoms with Crippen molar-refractivity contribution in [3.05, 3.63) is 58.4 Å². The highest BCUT2D eigenvalue weighted by atomic mass is 16.2. The van der Waals surface area contributed by atoms with E-state index in [9.17, 15) is 14.4 Å². The molecule has 1 unspecified atom stereocenters. The highest BCUT2D eigenvalue weighted by Crippen LogP contribution is 2.39. The summed E-state index contributed by atoms with van der Waals surface area (Å²) in [6, 6.07) is 13.0. The second-order valence-electron chi connectivity index (χ2n) is 8.22. The van der Waals surface area contributed by atoms with E-state index in [0.717, 1.165) is 24.8 Å². The Hall–Kier alpha value is -2.89. The maximum Gasteiger partial charge on any atom is 0.261 e. The van der Waals surface area contributed by atoms with Gasteiger partial charge in [0.25, 0.3) is 11.5 Å². The van der Waals surface area contributed by atoms with Crippen molar-refractivity contribution < 1.29 is 9.59 Å². The summed E-state index contributed by atoms with van der Waals surface area (Å²) in [6.45, 7) is 4.66. The van der Waals surface area contributed by atoms with Crippen molar-refractivity contribution in [3.63, 3.8) is 0 Å². The Morgan fingerprint density at radius 3 is 2.59 bits per heavy atom. The zero-order chi connectivity index (χ0) is 20.4. The van der Waals surface area contributed by atoms with Crippen LogP contribution < -0.4 is 5.56 Å². The van der Waals surface area contributed by atoms with E-state index in [0.29, 0.717) is 38.3 Å². The lowest BCUT2D eigenvalue weighted by molar-refractivity contribution is -0.138. The highest BCUT2D eigenvalue weighted by molar-refractivity contribution is 5.94. The Bertz CT molecular complexity index is 969. The number of amides is 2. The van der Waals surface area contributed by atoms with Gasteiger partial charge in [-0.3, -0.25) is 14.4 Å². The van der Waals surface area contributed by atoms with Crippen molar-refractivity contribution >= 4 is 11.8 Å². The van der Waals surface area contributed by atoms with Crippen LogP contribution in [0.25, 0.3) is 11.3 Å². The molecule has 0 saturated carbocycles. The first-order chi connectivity index (χ1) is 14.0. The highest BCUT2D eigenvalue weighted by Gasteiger charge is 2.42. The van der Waals surface area contributed by atoms with Gasteiger partial charge >= 0.3 is 0 Å². The number of carbonyl (C=O) groups excluding carboxylic acids is 2. The quantitative estimate of drug-likeness (QED) is 0.871. The van der Waals surface area contributed by atoms with Gasteiger partial charge in [0.2, 0.25) is 5.91 Å². The van der Waals surface area contributed by atoms with Gasteiger partial charge in [-0.15, -0.1) is 0 Å². The van der Waals surface area contributed by atoms with E-state index in [1.54, 1.807) is 17.0 Å². The van der Waals surface area contributed by atoms with E-state index in [2.05, 4.69) is 4.98 Å². The molecule has 6 nitrogen and oxygen atoms in total. The third kappa shape index (κ3) is 3.84. The number of rotatable bonds is 3. The number of aromatic amines is 1. The first-order valence-corrected chi connectivity index (χ1v) is 10.4. The lowest BCUT2D eigenvalue weighted by atomic mass is 9.73. The van der Waals surface area contributed by atoms with Gasteiger partial charge in [-0.2, -0.15) is 0 Å². The largest absolute Gasteiger partial charge is 0.342 e. The number of pyridine rings is 1. The molecule has 0 aliphatic carbocycles. The molecule has 0 radical (unpaired) electrons. The Morgan fingerprint density at radius 1 is 1.07 bits per heavy atom. The summed E-state index contributed by atoms with van der Waals surface area (Å²) in [5.41, 5.74) is 1.39. The summed E-state index contributed by atoms with van der Waals surface area (Å²) in [5, 5.41) is 0. The topological polar surface area (TPSA) is 73.5 Å². The molecule has 2 aliphatic heterocycles. The number of hydrogen-bond donors (Lipinski definition) is 1. The minimum absolute atomic E-state index is 0.0471. The van der Waals surface area contributed by atoms with Crippen LogP contribution in [0.3, 0.4) is 0 Å². The minimum atomic E-state index is -0.356. The molecular weight excluding hydrogens is 366 g/mol. The molecule has 2 aromatic rings. The number of piperidine rings is 2. The van der Waals surface area contributed by atoms with Crippen LogP contribution in [-0.4, -0.2) is 52.8 Å². The standard InChI is InChI=1S/C23H27N3O3/c1-2-25-15-23(13-11-20(25)27)12-6-14-26(16-23)22(29)18-9-10-19(24-21(18)28)17-7-4-3-5-8-17/h3-5,7-10H,2,6,11-16H2,1H3,(H,24,28). The smallest absolute Gasteiger partial charge is 0.261 e. The van der Waals surface area contributed by atoms with Gasteiger partial charge in [0.1, 0.15) is 5.56 Å². The van der Waals surface area contributed by atoms with Crippen LogP contribution in [0.4, 0.5) is 0 Å². The molecule has 2 saturated heterocycles. The van der Waals surface area contributed by atoms with E-state index in [4.69, 9.17) is 0 Å². The van der Waals surface area contributed by atoms with Gasteiger partial charge in [0.05, 0.1) is 0 Å². The number of likely N-dealkylation sites (tertiary alicyclic amines) is 2. The van der Waals surface area contributed by atoms with E-state index in [1.165, 1.54) is 0 Å². The van der Waals surface area contributed by atoms with Crippen molar-refractivity contribution in [3.8, 4) is 11.3 Å². The summed E-state index contributed by atoms with van der Waals surface area (Å²) in [7, 11) is 0. The van der Waals surface area contributed by atoms with Gasteiger partial charge in [-0.25, -0.2) is 0 Å². The fourth-order valence-corrected chi connectivity index (χ4v) is 4.70. The molecule has 0 bridgehead atoms. The van der Waals surface area contributed by atoms with Crippen molar-refractivity contribution in [2.24, 2.45) is 5.41 Å². The second kappa shape index (κ2) is 7.85. The first kappa shape index (κ1) is 19.4. The molecular formula is C23H27N3O3. The first-order valence-electron chi connectivity index (χ1n) is 10.4. The molecule has 4 rings (SSSR count). The Balaban J connectivity index is 1.54. The van der Waals surface area contributed by atoms with Gasteiger partial charge in [0.15, 0.2) is 0 Å². The Kier molecular flexibility index (Phi) is 5.26. The van der Waals surface area contributed by atoms with Crippen LogP contribution in [0.5, 0.6) is 0 Å². The molecule has 1 aromatic carbocycles. The second-order valence-corrected chi connectivity index (χ2v) is 8.22. The molecule has 1 atom stereocenters. The molecule has 6 heteroatoms. The van der Waals surface area contributed by atoms with E-state index in [-0.39, 0.29) is 28.4 Å². The van der Waals surface area contributed by atoms with Gasteiger partial charge in [-0.05, 0) is 43.9 Å². The van der Waals surface area contributed by atoms with Crippen LogP contribution >= 0.6 is 0 Å². The molecule has 1 aromatic heterocycles. The zero-order valence-corrected chi connectivity index (χ0v) is 16.8. The molecule has 1 N–H and O–H groups in total. The fraction of sp³-hybridized carbons (Fsp3) is 0.435. The van der Waals surface area contributed by atoms with Crippen LogP contribution in [0.15, 0.2) is 47.3 Å². The average Bonchev–Trinajstić information content (AvgIpc) is 2.76. The van der Waals surface area contributed by atoms with Crippen molar-refractivity contribution in [2.45, 2.75) is 32.6 Å². The lowest BCUT2D eigenvalue weighted by Crippen LogP contribution is -2.55. The summed E-state index contributed by atoms with van der Waals surface area (Å²) < 4.78 is 0. The third-order valence-corrected chi connectivity index (χ3v) is 6.30. The minimum Gasteiger partial charge on any atom is -0.342 e. The van der Waals surface area contributed by atoms with Crippen LogP contribution in [-0.2, 0) is 4.79 Å².